The smallest absolute Gasteiger partial charge is 0.303 e. The van der Waals surface area contributed by atoms with Crippen molar-refractivity contribution in [1.29, 1.82) is 0 Å². The van der Waals surface area contributed by atoms with Crippen molar-refractivity contribution in [3.05, 3.63) is 78.9 Å². The fourth-order valence-electron chi connectivity index (χ4n) is 2.14. The molecule has 28 heavy (non-hydrogen) atoms. The lowest BCUT2D eigenvalue weighted by Crippen LogP contribution is -2.23. The monoisotopic (exact) mass is 388 g/mol. The average Bonchev–Trinajstić information content (AvgIpc) is 2.68. The summed E-state index contributed by atoms with van der Waals surface area (Å²) in [6.07, 6.45) is 11.0. The number of allylic oxidation sites excluding steroid dienone is 6. The first-order valence-corrected chi connectivity index (χ1v) is 9.11. The van der Waals surface area contributed by atoms with Gasteiger partial charge in [-0.1, -0.05) is 66.8 Å². The molecule has 0 saturated heterocycles. The number of ether oxygens (including phenoxy) is 1. The number of carboxylic acids is 1. The van der Waals surface area contributed by atoms with Crippen LogP contribution >= 0.6 is 0 Å². The SMILES string of the molecule is O=C(O)CCC[C@H](O)[C@H](O)C=CC=CC=CC=C[C@@H](O)COc1ccccc1. The Balaban J connectivity index is 2.22. The van der Waals surface area contributed by atoms with Gasteiger partial charge in [0.1, 0.15) is 18.5 Å². The molecule has 152 valence electrons. The third-order valence-electron chi connectivity index (χ3n) is 3.65. The molecule has 0 aliphatic carbocycles. The number of hydrogen-bond donors (Lipinski definition) is 4. The van der Waals surface area contributed by atoms with Crippen LogP contribution in [0.1, 0.15) is 19.3 Å². The number of carboxylic acid groups (broad SMARTS) is 1. The van der Waals surface area contributed by atoms with Crippen LogP contribution < -0.4 is 4.74 Å². The first kappa shape index (κ1) is 23.4. The Morgan fingerprint density at radius 3 is 2.18 bits per heavy atom. The van der Waals surface area contributed by atoms with Gasteiger partial charge in [0.2, 0.25) is 0 Å². The Labute approximate surface area is 165 Å². The van der Waals surface area contributed by atoms with E-state index in [1.54, 1.807) is 42.5 Å². The Kier molecular flexibility index (Phi) is 12.0. The molecule has 1 aromatic carbocycles. The zero-order valence-electron chi connectivity index (χ0n) is 15.7. The summed E-state index contributed by atoms with van der Waals surface area (Å²) in [5.41, 5.74) is 0. The van der Waals surface area contributed by atoms with Crippen molar-refractivity contribution < 1.29 is 30.0 Å². The summed E-state index contributed by atoms with van der Waals surface area (Å²) in [6, 6.07) is 9.25. The second kappa shape index (κ2) is 14.4. The molecular weight excluding hydrogens is 360 g/mol. The highest BCUT2D eigenvalue weighted by Gasteiger charge is 2.12. The topological polar surface area (TPSA) is 107 Å². The largest absolute Gasteiger partial charge is 0.491 e. The van der Waals surface area contributed by atoms with Crippen molar-refractivity contribution in [3.63, 3.8) is 0 Å². The van der Waals surface area contributed by atoms with Crippen molar-refractivity contribution in [3.8, 4) is 5.75 Å². The van der Waals surface area contributed by atoms with Crippen molar-refractivity contribution in [2.75, 3.05) is 6.61 Å². The quantitative estimate of drug-likeness (QED) is 0.387. The molecule has 0 unspecified atom stereocenters. The zero-order valence-corrected chi connectivity index (χ0v) is 15.7. The number of rotatable bonds is 13. The fraction of sp³-hybridized carbons (Fsp3) is 0.318. The van der Waals surface area contributed by atoms with Gasteiger partial charge < -0.3 is 25.2 Å². The number of para-hydroxylation sites is 1. The molecule has 3 atom stereocenters. The van der Waals surface area contributed by atoms with Gasteiger partial charge in [0, 0.05) is 6.42 Å². The summed E-state index contributed by atoms with van der Waals surface area (Å²) in [5.74, 6) is -0.216. The van der Waals surface area contributed by atoms with Gasteiger partial charge in [-0.2, -0.15) is 0 Å². The minimum absolute atomic E-state index is 0.0290. The van der Waals surface area contributed by atoms with Crippen molar-refractivity contribution in [1.82, 2.24) is 0 Å². The molecule has 6 nitrogen and oxygen atoms in total. The molecule has 0 amide bonds. The molecule has 0 saturated carbocycles. The summed E-state index contributed by atoms with van der Waals surface area (Å²) in [7, 11) is 0. The van der Waals surface area contributed by atoms with Gasteiger partial charge in [-0.25, -0.2) is 0 Å². The number of aliphatic carboxylic acids is 1. The fourth-order valence-corrected chi connectivity index (χ4v) is 2.14. The van der Waals surface area contributed by atoms with E-state index in [9.17, 15) is 20.1 Å². The molecule has 0 aliphatic heterocycles. The summed E-state index contributed by atoms with van der Waals surface area (Å²) >= 11 is 0. The standard InChI is InChI=1S/C22H28O6/c23-18(17-28-19-12-7-5-8-13-19)11-6-3-1-2-4-9-14-20(24)21(25)15-10-16-22(26)27/h1-9,11-14,18,20-21,23-25H,10,15-17H2,(H,26,27)/t18-,20-,21+/m1/s1. The van der Waals surface area contributed by atoms with Crippen LogP contribution in [0, 0.1) is 0 Å². The summed E-state index contributed by atoms with van der Waals surface area (Å²) in [6.45, 7) is 0.166. The van der Waals surface area contributed by atoms with E-state index in [1.807, 2.05) is 30.3 Å². The van der Waals surface area contributed by atoms with Crippen LogP contribution in [0.15, 0.2) is 78.9 Å². The second-order valence-corrected chi connectivity index (χ2v) is 6.07. The van der Waals surface area contributed by atoms with E-state index < -0.39 is 24.3 Å². The van der Waals surface area contributed by atoms with Crippen LogP contribution in [0.5, 0.6) is 5.75 Å². The van der Waals surface area contributed by atoms with E-state index in [2.05, 4.69) is 0 Å². The number of aliphatic hydroxyl groups is 3. The Morgan fingerprint density at radius 2 is 1.54 bits per heavy atom. The number of aliphatic hydroxyl groups excluding tert-OH is 3. The third kappa shape index (κ3) is 11.9. The van der Waals surface area contributed by atoms with Crippen LogP contribution in [0.25, 0.3) is 0 Å². The molecule has 0 aromatic heterocycles. The van der Waals surface area contributed by atoms with E-state index in [4.69, 9.17) is 9.84 Å². The van der Waals surface area contributed by atoms with E-state index >= 15 is 0 Å². The van der Waals surface area contributed by atoms with Crippen molar-refractivity contribution >= 4 is 5.97 Å². The summed E-state index contributed by atoms with van der Waals surface area (Å²) < 4.78 is 5.43. The zero-order chi connectivity index (χ0) is 20.6. The van der Waals surface area contributed by atoms with Gasteiger partial charge in [-0.15, -0.1) is 0 Å². The molecule has 0 radical (unpaired) electrons. The number of benzene rings is 1. The molecule has 6 heteroatoms. The molecule has 0 aliphatic rings. The lowest BCUT2D eigenvalue weighted by Gasteiger charge is -2.13. The van der Waals surface area contributed by atoms with E-state index in [-0.39, 0.29) is 19.4 Å². The highest BCUT2D eigenvalue weighted by atomic mass is 16.5. The normalized spacial score (nSPS) is 15.5. The van der Waals surface area contributed by atoms with E-state index in [1.165, 1.54) is 6.08 Å². The van der Waals surface area contributed by atoms with Crippen molar-refractivity contribution in [2.45, 2.75) is 37.6 Å². The van der Waals surface area contributed by atoms with Gasteiger partial charge in [-0.05, 0) is 25.0 Å². The third-order valence-corrected chi connectivity index (χ3v) is 3.65. The predicted molar refractivity (Wildman–Crippen MR) is 108 cm³/mol. The van der Waals surface area contributed by atoms with Gasteiger partial charge in [0.15, 0.2) is 0 Å². The first-order valence-electron chi connectivity index (χ1n) is 9.11. The minimum Gasteiger partial charge on any atom is -0.491 e. The Bertz CT molecular complexity index is 663. The van der Waals surface area contributed by atoms with Gasteiger partial charge in [0.25, 0.3) is 0 Å². The van der Waals surface area contributed by atoms with Gasteiger partial charge in [-0.3, -0.25) is 4.79 Å². The molecule has 0 bridgehead atoms. The van der Waals surface area contributed by atoms with E-state index in [0.29, 0.717) is 12.2 Å². The van der Waals surface area contributed by atoms with Crippen LogP contribution in [0.3, 0.4) is 0 Å². The second-order valence-electron chi connectivity index (χ2n) is 6.07. The highest BCUT2D eigenvalue weighted by molar-refractivity contribution is 5.66. The van der Waals surface area contributed by atoms with Crippen LogP contribution in [-0.2, 0) is 4.79 Å². The lowest BCUT2D eigenvalue weighted by molar-refractivity contribution is -0.137. The van der Waals surface area contributed by atoms with Crippen LogP contribution in [0.4, 0.5) is 0 Å². The van der Waals surface area contributed by atoms with E-state index in [0.717, 1.165) is 0 Å². The summed E-state index contributed by atoms with van der Waals surface area (Å²) in [4.78, 5) is 10.4. The average molecular weight is 388 g/mol. The maximum atomic E-state index is 10.4. The van der Waals surface area contributed by atoms with Gasteiger partial charge >= 0.3 is 5.97 Å². The first-order chi connectivity index (χ1) is 13.5. The molecule has 0 fully saturated rings. The highest BCUT2D eigenvalue weighted by Crippen LogP contribution is 2.09. The molecular formula is C22H28O6. The Hall–Kier alpha value is -2.67. The van der Waals surface area contributed by atoms with Gasteiger partial charge in [0.05, 0.1) is 12.2 Å². The molecule has 1 aromatic rings. The molecule has 4 N–H and O–H groups in total. The maximum Gasteiger partial charge on any atom is 0.303 e. The van der Waals surface area contributed by atoms with Crippen molar-refractivity contribution in [2.24, 2.45) is 0 Å². The maximum absolute atomic E-state index is 10.4. The van der Waals surface area contributed by atoms with Crippen LogP contribution in [0.2, 0.25) is 0 Å². The molecule has 0 spiro atoms. The molecule has 0 heterocycles. The summed E-state index contributed by atoms with van der Waals surface area (Å²) in [5, 5.41) is 37.8. The number of hydrogen-bond acceptors (Lipinski definition) is 5. The predicted octanol–water partition coefficient (Wildman–Crippen LogP) is 2.63. The lowest BCUT2D eigenvalue weighted by atomic mass is 10.1. The van der Waals surface area contributed by atoms with Crippen LogP contribution in [-0.4, -0.2) is 51.3 Å². The Morgan fingerprint density at radius 1 is 0.929 bits per heavy atom. The molecule has 1 rings (SSSR count). The minimum atomic E-state index is -1.04. The number of carbonyl (C=O) groups is 1.